The van der Waals surface area contributed by atoms with Gasteiger partial charge in [-0.15, -0.1) is 0 Å². The lowest BCUT2D eigenvalue weighted by atomic mass is 9.93. The summed E-state index contributed by atoms with van der Waals surface area (Å²) in [5.41, 5.74) is 1.14. The zero-order valence-electron chi connectivity index (χ0n) is 6.65. The number of halogens is 1. The minimum Gasteiger partial charge on any atom is -0.385 e. The number of rotatable bonds is 3. The smallest absolute Gasteiger partial charge is 0.0492 e. The SMILES string of the molecule is C/C(NC1CCC1)=C(\I)C=N. The molecule has 1 fully saturated rings. The Kier molecular flexibility index (Phi) is 3.36. The summed E-state index contributed by atoms with van der Waals surface area (Å²) < 4.78 is 1.01. The third-order valence-corrected chi connectivity index (χ3v) is 3.13. The highest BCUT2D eigenvalue weighted by Crippen LogP contribution is 2.20. The Morgan fingerprint density at radius 3 is 2.64 bits per heavy atom. The fourth-order valence-electron chi connectivity index (χ4n) is 1.04. The van der Waals surface area contributed by atoms with Crippen LogP contribution in [0.2, 0.25) is 0 Å². The fraction of sp³-hybridized carbons (Fsp3) is 0.625. The molecule has 0 atom stereocenters. The Bertz CT molecular complexity index is 183. The maximum absolute atomic E-state index is 7.03. The molecule has 0 saturated heterocycles. The summed E-state index contributed by atoms with van der Waals surface area (Å²) in [4.78, 5) is 0. The first-order valence-corrected chi connectivity index (χ1v) is 4.95. The number of hydrogen-bond acceptors (Lipinski definition) is 2. The van der Waals surface area contributed by atoms with Crippen LogP contribution in [0.1, 0.15) is 26.2 Å². The van der Waals surface area contributed by atoms with Gasteiger partial charge in [0.25, 0.3) is 0 Å². The molecule has 0 spiro atoms. The van der Waals surface area contributed by atoms with Gasteiger partial charge in [0.1, 0.15) is 0 Å². The van der Waals surface area contributed by atoms with Crippen molar-refractivity contribution in [3.8, 4) is 0 Å². The summed E-state index contributed by atoms with van der Waals surface area (Å²) in [6.07, 6.45) is 5.33. The van der Waals surface area contributed by atoms with E-state index in [-0.39, 0.29) is 0 Å². The zero-order valence-corrected chi connectivity index (χ0v) is 8.81. The standard InChI is InChI=1S/C8H13IN2/c1-6(8(9)5-10)11-7-3-2-4-7/h5,7,10-11H,2-4H2,1H3/b8-6+,10-5?. The quantitative estimate of drug-likeness (QED) is 0.596. The molecule has 0 heterocycles. The van der Waals surface area contributed by atoms with Crippen molar-refractivity contribution in [2.75, 3.05) is 0 Å². The monoisotopic (exact) mass is 264 g/mol. The molecule has 0 amide bonds. The highest BCUT2D eigenvalue weighted by Gasteiger charge is 2.16. The van der Waals surface area contributed by atoms with Gasteiger partial charge >= 0.3 is 0 Å². The zero-order chi connectivity index (χ0) is 8.27. The molecule has 0 unspecified atom stereocenters. The van der Waals surface area contributed by atoms with Gasteiger partial charge in [0.15, 0.2) is 0 Å². The van der Waals surface area contributed by atoms with Crippen LogP contribution in [0.25, 0.3) is 0 Å². The van der Waals surface area contributed by atoms with Crippen LogP contribution in [0.4, 0.5) is 0 Å². The van der Waals surface area contributed by atoms with Crippen molar-refractivity contribution in [1.29, 1.82) is 5.41 Å². The van der Waals surface area contributed by atoms with E-state index in [2.05, 4.69) is 27.9 Å². The van der Waals surface area contributed by atoms with E-state index < -0.39 is 0 Å². The van der Waals surface area contributed by atoms with Crippen molar-refractivity contribution >= 4 is 28.8 Å². The molecular weight excluding hydrogens is 251 g/mol. The van der Waals surface area contributed by atoms with E-state index in [4.69, 9.17) is 5.41 Å². The van der Waals surface area contributed by atoms with E-state index >= 15 is 0 Å². The third-order valence-electron chi connectivity index (χ3n) is 2.01. The predicted octanol–water partition coefficient (Wildman–Crippen LogP) is 2.44. The molecule has 2 N–H and O–H groups in total. The van der Waals surface area contributed by atoms with Crippen molar-refractivity contribution in [2.24, 2.45) is 0 Å². The van der Waals surface area contributed by atoms with Gasteiger partial charge in [-0.25, -0.2) is 0 Å². The molecule has 0 aliphatic heterocycles. The van der Waals surface area contributed by atoms with Gasteiger partial charge < -0.3 is 10.7 Å². The van der Waals surface area contributed by atoms with Crippen molar-refractivity contribution in [1.82, 2.24) is 5.32 Å². The van der Waals surface area contributed by atoms with E-state index in [1.165, 1.54) is 25.5 Å². The molecule has 1 rings (SSSR count). The van der Waals surface area contributed by atoms with Crippen LogP contribution < -0.4 is 5.32 Å². The molecule has 3 heteroatoms. The van der Waals surface area contributed by atoms with E-state index in [9.17, 15) is 0 Å². The summed E-state index contributed by atoms with van der Waals surface area (Å²) in [6.45, 7) is 2.03. The van der Waals surface area contributed by atoms with Crippen LogP contribution in [0.3, 0.4) is 0 Å². The highest BCUT2D eigenvalue weighted by molar-refractivity contribution is 14.1. The average molecular weight is 264 g/mol. The molecule has 1 aliphatic carbocycles. The van der Waals surface area contributed by atoms with Crippen LogP contribution in [-0.4, -0.2) is 12.3 Å². The van der Waals surface area contributed by atoms with E-state index in [1.807, 2.05) is 6.92 Å². The first-order chi connectivity index (χ1) is 5.24. The van der Waals surface area contributed by atoms with Crippen LogP contribution >= 0.6 is 22.6 Å². The lowest BCUT2D eigenvalue weighted by molar-refractivity contribution is 0.364. The van der Waals surface area contributed by atoms with Crippen molar-refractivity contribution < 1.29 is 0 Å². The summed E-state index contributed by atoms with van der Waals surface area (Å²) in [7, 11) is 0. The topological polar surface area (TPSA) is 35.9 Å². The van der Waals surface area contributed by atoms with E-state index in [1.54, 1.807) is 0 Å². The highest BCUT2D eigenvalue weighted by atomic mass is 127. The Hall–Kier alpha value is -0.0600. The van der Waals surface area contributed by atoms with Crippen LogP contribution in [0, 0.1) is 5.41 Å². The van der Waals surface area contributed by atoms with Crippen molar-refractivity contribution in [2.45, 2.75) is 32.2 Å². The number of hydrogen-bond donors (Lipinski definition) is 2. The first-order valence-electron chi connectivity index (χ1n) is 3.87. The molecule has 62 valence electrons. The molecule has 0 aromatic rings. The van der Waals surface area contributed by atoms with Gasteiger partial charge in [0, 0.05) is 21.5 Å². The molecule has 0 aromatic heterocycles. The van der Waals surface area contributed by atoms with Crippen molar-refractivity contribution in [3.63, 3.8) is 0 Å². The van der Waals surface area contributed by atoms with Gasteiger partial charge in [-0.3, -0.25) is 0 Å². The first kappa shape index (κ1) is 9.03. The molecule has 1 aliphatic rings. The Morgan fingerprint density at radius 2 is 2.27 bits per heavy atom. The summed E-state index contributed by atoms with van der Waals surface area (Å²) in [5.74, 6) is 0. The summed E-state index contributed by atoms with van der Waals surface area (Å²) >= 11 is 2.18. The second kappa shape index (κ2) is 4.09. The van der Waals surface area contributed by atoms with Crippen LogP contribution in [0.15, 0.2) is 9.28 Å². The Morgan fingerprint density at radius 1 is 1.64 bits per heavy atom. The molecule has 11 heavy (non-hydrogen) atoms. The maximum atomic E-state index is 7.03. The largest absolute Gasteiger partial charge is 0.385 e. The number of nitrogens with one attached hydrogen (secondary N) is 2. The number of allylic oxidation sites excluding steroid dienone is 2. The van der Waals surface area contributed by atoms with Gasteiger partial charge in [0.05, 0.1) is 0 Å². The third kappa shape index (κ3) is 2.47. The fourth-order valence-corrected chi connectivity index (χ4v) is 1.19. The predicted molar refractivity (Wildman–Crippen MR) is 56.3 cm³/mol. The summed E-state index contributed by atoms with van der Waals surface area (Å²) in [6, 6.07) is 0.680. The Balaban J connectivity index is 2.40. The molecule has 0 aromatic carbocycles. The molecule has 0 radical (unpaired) electrons. The van der Waals surface area contributed by atoms with Gasteiger partial charge in [-0.1, -0.05) is 0 Å². The lowest BCUT2D eigenvalue weighted by Gasteiger charge is -2.28. The second-order valence-corrected chi connectivity index (χ2v) is 4.05. The van der Waals surface area contributed by atoms with Crippen LogP contribution in [-0.2, 0) is 0 Å². The average Bonchev–Trinajstić information content (AvgIpc) is 1.94. The minimum absolute atomic E-state index is 0.680. The summed E-state index contributed by atoms with van der Waals surface area (Å²) in [5, 5.41) is 10.4. The lowest BCUT2D eigenvalue weighted by Crippen LogP contribution is -2.34. The maximum Gasteiger partial charge on any atom is 0.0492 e. The Labute approximate surface area is 81.1 Å². The van der Waals surface area contributed by atoms with Crippen LogP contribution in [0.5, 0.6) is 0 Å². The van der Waals surface area contributed by atoms with E-state index in [0.717, 1.165) is 9.28 Å². The van der Waals surface area contributed by atoms with Gasteiger partial charge in [-0.05, 0) is 48.8 Å². The molecule has 0 bridgehead atoms. The van der Waals surface area contributed by atoms with E-state index in [0.29, 0.717) is 6.04 Å². The van der Waals surface area contributed by atoms with Crippen molar-refractivity contribution in [3.05, 3.63) is 9.28 Å². The van der Waals surface area contributed by atoms with Gasteiger partial charge in [-0.2, -0.15) is 0 Å². The normalized spacial score (nSPS) is 20.2. The molecule has 2 nitrogen and oxygen atoms in total. The minimum atomic E-state index is 0.680. The molecule has 1 saturated carbocycles. The molecular formula is C8H13IN2. The van der Waals surface area contributed by atoms with Gasteiger partial charge in [0.2, 0.25) is 0 Å². The second-order valence-electron chi connectivity index (χ2n) is 2.89.